The minimum Gasteiger partial charge on any atom is -0.338 e. The Bertz CT molecular complexity index is 370. The molecule has 0 N–H and O–H groups in total. The van der Waals surface area contributed by atoms with Gasteiger partial charge in [0, 0.05) is 23.4 Å². The third-order valence-corrected chi connectivity index (χ3v) is 4.38. The van der Waals surface area contributed by atoms with Crippen molar-refractivity contribution in [1.82, 2.24) is 4.90 Å². The molecule has 15 heavy (non-hydrogen) atoms. The zero-order chi connectivity index (χ0) is 11.0. The first-order chi connectivity index (χ1) is 7.09. The van der Waals surface area contributed by atoms with Gasteiger partial charge in [-0.2, -0.15) is 0 Å². The number of carbonyl (C=O) groups excluding carboxylic acids is 1. The van der Waals surface area contributed by atoms with Crippen LogP contribution >= 0.6 is 24.0 Å². The molecule has 1 aromatic heterocycles. The van der Waals surface area contributed by atoms with E-state index in [0.29, 0.717) is 6.04 Å². The molecular formula is C11H15NOS2. The summed E-state index contributed by atoms with van der Waals surface area (Å²) in [5.74, 6) is 0.842. The maximum absolute atomic E-state index is 12.0. The topological polar surface area (TPSA) is 20.3 Å². The number of thiol groups is 1. The lowest BCUT2D eigenvalue weighted by molar-refractivity contribution is 0.0732. The molecule has 1 atom stereocenters. The standard InChI is InChI=1S/C11H15NOS2/c1-7(8-3-4-8)12(2)11(13)10-5-9(14)6-15-10/h5-8,14H,3-4H2,1-2H3. The summed E-state index contributed by atoms with van der Waals surface area (Å²) in [7, 11) is 1.89. The summed E-state index contributed by atoms with van der Waals surface area (Å²) >= 11 is 5.68. The predicted molar refractivity (Wildman–Crippen MR) is 65.9 cm³/mol. The van der Waals surface area contributed by atoms with Crippen molar-refractivity contribution in [2.45, 2.75) is 30.7 Å². The van der Waals surface area contributed by atoms with Crippen molar-refractivity contribution in [3.63, 3.8) is 0 Å². The van der Waals surface area contributed by atoms with Crippen molar-refractivity contribution < 1.29 is 4.79 Å². The summed E-state index contributed by atoms with van der Waals surface area (Å²) in [4.78, 5) is 15.6. The average Bonchev–Trinajstić information content (AvgIpc) is 2.98. The van der Waals surface area contributed by atoms with Gasteiger partial charge in [0.1, 0.15) is 0 Å². The second-order valence-corrected chi connectivity index (χ2v) is 5.59. The maximum atomic E-state index is 12.0. The Hall–Kier alpha value is -0.480. The van der Waals surface area contributed by atoms with Gasteiger partial charge in [-0.3, -0.25) is 4.79 Å². The van der Waals surface area contributed by atoms with Crippen molar-refractivity contribution in [1.29, 1.82) is 0 Å². The summed E-state index contributed by atoms with van der Waals surface area (Å²) < 4.78 is 0. The Kier molecular flexibility index (Phi) is 3.07. The molecule has 0 aliphatic heterocycles. The van der Waals surface area contributed by atoms with Crippen LogP contribution in [0.3, 0.4) is 0 Å². The van der Waals surface area contributed by atoms with Crippen molar-refractivity contribution in [3.05, 3.63) is 16.3 Å². The molecule has 0 bridgehead atoms. The molecular weight excluding hydrogens is 226 g/mol. The average molecular weight is 241 g/mol. The maximum Gasteiger partial charge on any atom is 0.263 e. The Labute approximate surface area is 99.7 Å². The van der Waals surface area contributed by atoms with Crippen molar-refractivity contribution in [2.24, 2.45) is 5.92 Å². The van der Waals surface area contributed by atoms with E-state index in [9.17, 15) is 4.79 Å². The van der Waals surface area contributed by atoms with E-state index in [1.54, 1.807) is 0 Å². The lowest BCUT2D eigenvalue weighted by Gasteiger charge is -2.24. The van der Waals surface area contributed by atoms with Gasteiger partial charge in [0.15, 0.2) is 0 Å². The van der Waals surface area contributed by atoms with Crippen LogP contribution in [0.15, 0.2) is 16.3 Å². The van der Waals surface area contributed by atoms with Crippen molar-refractivity contribution in [3.8, 4) is 0 Å². The number of nitrogens with zero attached hydrogens (tertiary/aromatic N) is 1. The van der Waals surface area contributed by atoms with E-state index in [2.05, 4.69) is 19.6 Å². The molecule has 1 amide bonds. The van der Waals surface area contributed by atoms with Gasteiger partial charge < -0.3 is 4.90 Å². The van der Waals surface area contributed by atoms with Gasteiger partial charge in [-0.05, 0) is 31.7 Å². The lowest BCUT2D eigenvalue weighted by atomic mass is 10.2. The molecule has 2 rings (SSSR count). The smallest absolute Gasteiger partial charge is 0.263 e. The Morgan fingerprint density at radius 1 is 1.67 bits per heavy atom. The third-order valence-electron chi connectivity index (χ3n) is 3.03. The zero-order valence-corrected chi connectivity index (χ0v) is 10.6. The molecule has 1 aliphatic carbocycles. The normalized spacial score (nSPS) is 17.5. The number of hydrogen-bond donors (Lipinski definition) is 1. The van der Waals surface area contributed by atoms with E-state index in [1.807, 2.05) is 23.4 Å². The highest BCUT2D eigenvalue weighted by molar-refractivity contribution is 7.80. The Morgan fingerprint density at radius 3 is 2.80 bits per heavy atom. The third kappa shape index (κ3) is 2.37. The fourth-order valence-electron chi connectivity index (χ4n) is 1.69. The van der Waals surface area contributed by atoms with Gasteiger partial charge in [-0.25, -0.2) is 0 Å². The molecule has 4 heteroatoms. The highest BCUT2D eigenvalue weighted by Gasteiger charge is 2.32. The quantitative estimate of drug-likeness (QED) is 0.807. The largest absolute Gasteiger partial charge is 0.338 e. The van der Waals surface area contributed by atoms with Gasteiger partial charge in [0.05, 0.1) is 4.88 Å². The fraction of sp³-hybridized carbons (Fsp3) is 0.545. The number of thiophene rings is 1. The fourth-order valence-corrected chi connectivity index (χ4v) is 2.82. The molecule has 1 heterocycles. The van der Waals surface area contributed by atoms with Crippen LogP contribution in [0.5, 0.6) is 0 Å². The number of amides is 1. The number of rotatable bonds is 3. The van der Waals surface area contributed by atoms with Crippen molar-refractivity contribution >= 4 is 29.9 Å². The Morgan fingerprint density at radius 2 is 2.33 bits per heavy atom. The van der Waals surface area contributed by atoms with Gasteiger partial charge in [0.25, 0.3) is 5.91 Å². The highest BCUT2D eigenvalue weighted by atomic mass is 32.1. The van der Waals surface area contributed by atoms with Crippen LogP contribution in [0.1, 0.15) is 29.4 Å². The highest BCUT2D eigenvalue weighted by Crippen LogP contribution is 2.35. The van der Waals surface area contributed by atoms with Crippen LogP contribution in [0.2, 0.25) is 0 Å². The second-order valence-electron chi connectivity index (χ2n) is 4.16. The monoisotopic (exact) mass is 241 g/mol. The minimum absolute atomic E-state index is 0.125. The van der Waals surface area contributed by atoms with E-state index in [4.69, 9.17) is 0 Å². The predicted octanol–water partition coefficient (Wildman–Crippen LogP) is 2.91. The van der Waals surface area contributed by atoms with Crippen LogP contribution in [-0.4, -0.2) is 23.9 Å². The summed E-state index contributed by atoms with van der Waals surface area (Å²) in [6.07, 6.45) is 2.53. The molecule has 82 valence electrons. The lowest BCUT2D eigenvalue weighted by Crippen LogP contribution is -2.35. The van der Waals surface area contributed by atoms with E-state index < -0.39 is 0 Å². The molecule has 0 aromatic carbocycles. The summed E-state index contributed by atoms with van der Waals surface area (Å²) in [6.45, 7) is 2.13. The molecule has 0 saturated heterocycles. The zero-order valence-electron chi connectivity index (χ0n) is 8.93. The minimum atomic E-state index is 0.125. The molecule has 1 aromatic rings. The van der Waals surface area contributed by atoms with E-state index >= 15 is 0 Å². The summed E-state index contributed by atoms with van der Waals surface area (Å²) in [5.41, 5.74) is 0. The van der Waals surface area contributed by atoms with E-state index in [0.717, 1.165) is 15.7 Å². The van der Waals surface area contributed by atoms with Crippen LogP contribution in [0.25, 0.3) is 0 Å². The van der Waals surface area contributed by atoms with Crippen LogP contribution in [0, 0.1) is 5.92 Å². The van der Waals surface area contributed by atoms with E-state index in [1.165, 1.54) is 24.2 Å². The first kappa shape index (κ1) is 11.0. The molecule has 1 unspecified atom stereocenters. The summed E-state index contributed by atoms with van der Waals surface area (Å²) in [5, 5.41) is 1.89. The number of carbonyl (C=O) groups is 1. The molecule has 1 aliphatic rings. The van der Waals surface area contributed by atoms with Gasteiger partial charge in [0.2, 0.25) is 0 Å². The van der Waals surface area contributed by atoms with Crippen LogP contribution in [-0.2, 0) is 0 Å². The first-order valence-electron chi connectivity index (χ1n) is 5.14. The first-order valence-corrected chi connectivity index (χ1v) is 6.47. The number of hydrogen-bond acceptors (Lipinski definition) is 3. The summed E-state index contributed by atoms with van der Waals surface area (Å²) in [6, 6.07) is 2.20. The van der Waals surface area contributed by atoms with E-state index in [-0.39, 0.29) is 5.91 Å². The molecule has 0 radical (unpaired) electrons. The Balaban J connectivity index is 2.06. The van der Waals surface area contributed by atoms with Gasteiger partial charge in [-0.1, -0.05) is 0 Å². The second kappa shape index (κ2) is 4.18. The van der Waals surface area contributed by atoms with Gasteiger partial charge in [-0.15, -0.1) is 24.0 Å². The molecule has 2 nitrogen and oxygen atoms in total. The molecule has 1 fully saturated rings. The van der Waals surface area contributed by atoms with Crippen molar-refractivity contribution in [2.75, 3.05) is 7.05 Å². The molecule has 0 spiro atoms. The van der Waals surface area contributed by atoms with Crippen LogP contribution < -0.4 is 0 Å². The molecule has 1 saturated carbocycles. The van der Waals surface area contributed by atoms with Crippen LogP contribution in [0.4, 0.5) is 0 Å². The van der Waals surface area contributed by atoms with Gasteiger partial charge >= 0.3 is 0 Å². The SMILES string of the molecule is CC(C1CC1)N(C)C(=O)c1cc(S)cs1.